The van der Waals surface area contributed by atoms with Crippen molar-refractivity contribution in [2.75, 3.05) is 0 Å². The fraction of sp³-hybridized carbons (Fsp3) is 0.125. The zero-order chi connectivity index (χ0) is 8.97. The molecule has 0 unspecified atom stereocenters. The van der Waals surface area contributed by atoms with Crippen LogP contribution in [-0.2, 0) is 0 Å². The summed E-state index contributed by atoms with van der Waals surface area (Å²) in [6, 6.07) is 9.14. The molecule has 0 spiro atoms. The highest BCUT2D eigenvalue weighted by atomic mass is 35.5. The Morgan fingerprint density at radius 2 is 1.83 bits per heavy atom. The van der Waals surface area contributed by atoms with Crippen LogP contribution < -0.4 is 0 Å². The van der Waals surface area contributed by atoms with Gasteiger partial charge in [0.2, 0.25) is 0 Å². The predicted molar refractivity (Wildman–Crippen MR) is 52.5 cm³/mol. The number of thioether (sulfide) groups is 1. The van der Waals surface area contributed by atoms with Gasteiger partial charge in [0, 0.05) is 4.90 Å². The molecule has 12 heavy (non-hydrogen) atoms. The smallest absolute Gasteiger partial charge is 0.157 e. The number of hydrogen-bond donors (Lipinski definition) is 0. The van der Waals surface area contributed by atoms with E-state index in [0.29, 0.717) is 5.56 Å². The van der Waals surface area contributed by atoms with E-state index in [4.69, 9.17) is 28.5 Å². The van der Waals surface area contributed by atoms with E-state index >= 15 is 0 Å². The van der Waals surface area contributed by atoms with E-state index in [1.807, 2.05) is 18.2 Å². The molecule has 0 aromatic heterocycles. The van der Waals surface area contributed by atoms with Gasteiger partial charge in [-0.2, -0.15) is 5.26 Å². The zero-order valence-corrected chi connectivity index (χ0v) is 8.33. The van der Waals surface area contributed by atoms with Crippen molar-refractivity contribution in [1.29, 1.82) is 5.26 Å². The molecule has 1 aromatic carbocycles. The third kappa shape index (κ3) is 2.94. The van der Waals surface area contributed by atoms with Crippen molar-refractivity contribution in [2.45, 2.75) is 9.06 Å². The van der Waals surface area contributed by atoms with Gasteiger partial charge in [-0.1, -0.05) is 35.0 Å². The second-order valence-corrected chi connectivity index (χ2v) is 4.81. The molecule has 1 aromatic rings. The summed E-state index contributed by atoms with van der Waals surface area (Å²) in [5.74, 6) is 0. The normalized spacial score (nSPS) is 9.83. The Kier molecular flexibility index (Phi) is 3.74. The third-order valence-corrected chi connectivity index (χ3v) is 2.47. The van der Waals surface area contributed by atoms with Crippen molar-refractivity contribution >= 4 is 35.0 Å². The van der Waals surface area contributed by atoms with Gasteiger partial charge in [0.25, 0.3) is 0 Å². The lowest BCUT2D eigenvalue weighted by Crippen LogP contribution is -1.78. The minimum absolute atomic E-state index is 0.460. The maximum Gasteiger partial charge on any atom is 0.157 e. The van der Waals surface area contributed by atoms with E-state index in [1.54, 1.807) is 12.1 Å². The maximum absolute atomic E-state index is 8.50. The Morgan fingerprint density at radius 1 is 1.25 bits per heavy atom. The molecule has 0 N–H and O–H groups in total. The van der Waals surface area contributed by atoms with E-state index in [1.165, 1.54) is 11.8 Å². The summed E-state index contributed by atoms with van der Waals surface area (Å²) in [4.78, 5) is 0.962. The van der Waals surface area contributed by atoms with Gasteiger partial charge in [-0.05, 0) is 24.3 Å². The summed E-state index contributed by atoms with van der Waals surface area (Å²) in [7, 11) is 0. The van der Waals surface area contributed by atoms with Crippen molar-refractivity contribution in [2.24, 2.45) is 0 Å². The maximum atomic E-state index is 8.50. The second-order valence-electron chi connectivity index (χ2n) is 2.01. The molecular formula is C8H5Cl2NS. The van der Waals surface area contributed by atoms with E-state index in [2.05, 4.69) is 0 Å². The van der Waals surface area contributed by atoms with Crippen molar-refractivity contribution < 1.29 is 0 Å². The van der Waals surface area contributed by atoms with Crippen LogP contribution in [0.5, 0.6) is 0 Å². The molecule has 0 fully saturated rings. The van der Waals surface area contributed by atoms with E-state index in [9.17, 15) is 0 Å². The molecule has 1 rings (SSSR count). The Bertz CT molecular complexity index is 289. The molecule has 0 radical (unpaired) electrons. The molecule has 0 saturated carbocycles. The first-order valence-corrected chi connectivity index (χ1v) is 4.92. The number of alkyl halides is 2. The average Bonchev–Trinajstić information content (AvgIpc) is 2.05. The number of hydrogen-bond acceptors (Lipinski definition) is 2. The number of nitriles is 1. The number of nitrogens with zero attached hydrogens (tertiary/aromatic N) is 1. The molecule has 0 heterocycles. The lowest BCUT2D eigenvalue weighted by Gasteiger charge is -1.99. The predicted octanol–water partition coefficient (Wildman–Crippen LogP) is 3.41. The first kappa shape index (κ1) is 9.73. The van der Waals surface area contributed by atoms with Crippen molar-refractivity contribution in [3.63, 3.8) is 0 Å². The van der Waals surface area contributed by atoms with Gasteiger partial charge < -0.3 is 0 Å². The molecule has 0 aliphatic rings. The highest BCUT2D eigenvalue weighted by Crippen LogP contribution is 2.28. The Labute approximate surface area is 85.3 Å². The summed E-state index contributed by atoms with van der Waals surface area (Å²) >= 11 is 12.4. The van der Waals surface area contributed by atoms with Gasteiger partial charge in [0.15, 0.2) is 4.17 Å². The fourth-order valence-corrected chi connectivity index (χ4v) is 1.83. The number of halogens is 2. The van der Waals surface area contributed by atoms with Crippen LogP contribution in [0.2, 0.25) is 0 Å². The molecule has 0 aliphatic heterocycles. The van der Waals surface area contributed by atoms with E-state index in [0.717, 1.165) is 4.90 Å². The van der Waals surface area contributed by atoms with Crippen LogP contribution in [0.1, 0.15) is 5.56 Å². The lowest BCUT2D eigenvalue weighted by molar-refractivity contribution is 1.41. The molecule has 62 valence electrons. The largest absolute Gasteiger partial charge is 0.192 e. The minimum Gasteiger partial charge on any atom is -0.192 e. The van der Waals surface area contributed by atoms with Crippen LogP contribution in [0.4, 0.5) is 0 Å². The number of rotatable bonds is 2. The summed E-state index contributed by atoms with van der Waals surface area (Å²) in [5.41, 5.74) is 0.639. The summed E-state index contributed by atoms with van der Waals surface area (Å²) in [6.45, 7) is 0. The fourth-order valence-electron chi connectivity index (χ4n) is 0.711. The Hall–Kier alpha value is -0.360. The lowest BCUT2D eigenvalue weighted by atomic mass is 10.2. The SMILES string of the molecule is N#Cc1ccc(SC(Cl)Cl)cc1. The van der Waals surface area contributed by atoms with Crippen LogP contribution in [-0.4, -0.2) is 4.17 Å². The van der Waals surface area contributed by atoms with Crippen molar-refractivity contribution in [3.8, 4) is 6.07 Å². The monoisotopic (exact) mass is 217 g/mol. The minimum atomic E-state index is -0.460. The molecular weight excluding hydrogens is 213 g/mol. The van der Waals surface area contributed by atoms with Crippen LogP contribution in [0.25, 0.3) is 0 Å². The van der Waals surface area contributed by atoms with Crippen LogP contribution >= 0.6 is 35.0 Å². The third-order valence-electron chi connectivity index (χ3n) is 1.21. The number of benzene rings is 1. The summed E-state index contributed by atoms with van der Waals surface area (Å²) < 4.78 is -0.460. The van der Waals surface area contributed by atoms with Gasteiger partial charge in [-0.3, -0.25) is 0 Å². The van der Waals surface area contributed by atoms with Gasteiger partial charge in [-0.15, -0.1) is 0 Å². The summed E-state index contributed by atoms with van der Waals surface area (Å²) in [6.07, 6.45) is 0. The van der Waals surface area contributed by atoms with Crippen LogP contribution in [0.3, 0.4) is 0 Å². The average molecular weight is 218 g/mol. The molecule has 0 amide bonds. The first-order valence-electron chi connectivity index (χ1n) is 3.17. The van der Waals surface area contributed by atoms with Gasteiger partial charge in [0.1, 0.15) is 0 Å². The van der Waals surface area contributed by atoms with Crippen LogP contribution in [0, 0.1) is 11.3 Å². The first-order chi connectivity index (χ1) is 5.72. The Morgan fingerprint density at radius 3 is 2.25 bits per heavy atom. The van der Waals surface area contributed by atoms with E-state index < -0.39 is 4.17 Å². The topological polar surface area (TPSA) is 23.8 Å². The molecule has 0 saturated heterocycles. The standard InChI is InChI=1S/C8H5Cl2NS/c9-8(10)12-7-3-1-6(5-11)2-4-7/h1-4,8H. The quantitative estimate of drug-likeness (QED) is 0.561. The van der Waals surface area contributed by atoms with E-state index in [-0.39, 0.29) is 0 Å². The molecule has 4 heteroatoms. The molecule has 1 nitrogen and oxygen atoms in total. The highest BCUT2D eigenvalue weighted by Gasteiger charge is 2.00. The molecule has 0 bridgehead atoms. The Balaban J connectivity index is 2.73. The molecule has 0 aliphatic carbocycles. The molecule has 0 atom stereocenters. The van der Waals surface area contributed by atoms with Crippen molar-refractivity contribution in [1.82, 2.24) is 0 Å². The summed E-state index contributed by atoms with van der Waals surface area (Å²) in [5, 5.41) is 8.50. The second kappa shape index (κ2) is 4.61. The zero-order valence-electron chi connectivity index (χ0n) is 6.00. The van der Waals surface area contributed by atoms with Crippen molar-refractivity contribution in [3.05, 3.63) is 29.8 Å². The highest BCUT2D eigenvalue weighted by molar-refractivity contribution is 8.02. The van der Waals surface area contributed by atoms with Crippen LogP contribution in [0.15, 0.2) is 29.2 Å². The van der Waals surface area contributed by atoms with Gasteiger partial charge in [-0.25, -0.2) is 0 Å². The van der Waals surface area contributed by atoms with Gasteiger partial charge in [0.05, 0.1) is 11.6 Å². The van der Waals surface area contributed by atoms with Gasteiger partial charge >= 0.3 is 0 Å².